The van der Waals surface area contributed by atoms with Crippen molar-refractivity contribution >= 4 is 11.6 Å². The van der Waals surface area contributed by atoms with Crippen LogP contribution < -0.4 is 5.32 Å². The maximum Gasteiger partial charge on any atom is 0.241 e. The Balaban J connectivity index is 1.59. The van der Waals surface area contributed by atoms with Crippen LogP contribution in [0, 0.1) is 0 Å². The first-order chi connectivity index (χ1) is 10.7. The Morgan fingerprint density at radius 3 is 2.41 bits per heavy atom. The van der Waals surface area contributed by atoms with Crippen molar-refractivity contribution in [2.45, 2.75) is 25.3 Å². The van der Waals surface area contributed by atoms with Gasteiger partial charge in [-0.25, -0.2) is 0 Å². The number of hydrogen-bond acceptors (Lipinski definition) is 2. The van der Waals surface area contributed by atoms with Crippen molar-refractivity contribution in [3.8, 4) is 0 Å². The molecule has 1 amide bonds. The van der Waals surface area contributed by atoms with E-state index in [1.54, 1.807) is 0 Å². The van der Waals surface area contributed by atoms with Gasteiger partial charge in [-0.3, -0.25) is 9.69 Å². The molecule has 0 aromatic heterocycles. The summed E-state index contributed by atoms with van der Waals surface area (Å²) in [5, 5.41) is 2.99. The molecule has 2 unspecified atom stereocenters. The molecule has 1 aliphatic rings. The lowest BCUT2D eigenvalue weighted by Crippen LogP contribution is -2.40. The summed E-state index contributed by atoms with van der Waals surface area (Å²) in [6.07, 6.45) is 1.12. The summed E-state index contributed by atoms with van der Waals surface area (Å²) in [4.78, 5) is 14.7. The average molecular weight is 294 g/mol. The van der Waals surface area contributed by atoms with E-state index < -0.39 is 0 Å². The first-order valence-electron chi connectivity index (χ1n) is 7.89. The lowest BCUT2D eigenvalue weighted by atomic mass is 9.99. The average Bonchev–Trinajstić information content (AvgIpc) is 3.06. The number of carbonyl (C=O) groups excluding carboxylic acids is 1. The number of carbonyl (C=O) groups is 1. The summed E-state index contributed by atoms with van der Waals surface area (Å²) < 4.78 is 0. The van der Waals surface area contributed by atoms with Crippen LogP contribution in [0.3, 0.4) is 0 Å². The maximum atomic E-state index is 12.4. The Bertz CT molecular complexity index is 612. The molecule has 114 valence electrons. The normalized spacial score (nSPS) is 19.8. The zero-order valence-corrected chi connectivity index (χ0v) is 12.9. The van der Waals surface area contributed by atoms with Gasteiger partial charge in [-0.15, -0.1) is 0 Å². The third-order valence-corrected chi connectivity index (χ3v) is 4.46. The molecule has 2 atom stereocenters. The van der Waals surface area contributed by atoms with Crippen molar-refractivity contribution < 1.29 is 4.79 Å². The highest BCUT2D eigenvalue weighted by atomic mass is 16.2. The van der Waals surface area contributed by atoms with Crippen molar-refractivity contribution in [2.75, 3.05) is 18.4 Å². The van der Waals surface area contributed by atoms with E-state index >= 15 is 0 Å². The second-order valence-corrected chi connectivity index (χ2v) is 5.92. The van der Waals surface area contributed by atoms with Gasteiger partial charge >= 0.3 is 0 Å². The minimum Gasteiger partial charge on any atom is -0.325 e. The van der Waals surface area contributed by atoms with Gasteiger partial charge in [-0.2, -0.15) is 0 Å². The lowest BCUT2D eigenvalue weighted by molar-refractivity contribution is -0.120. The zero-order valence-electron chi connectivity index (χ0n) is 12.9. The number of nitrogens with one attached hydrogen (secondary N) is 1. The van der Waals surface area contributed by atoms with E-state index in [0.29, 0.717) is 5.92 Å². The Labute approximate surface area is 132 Å². The van der Waals surface area contributed by atoms with E-state index in [4.69, 9.17) is 0 Å². The predicted octanol–water partition coefficient (Wildman–Crippen LogP) is 3.50. The van der Waals surface area contributed by atoms with Crippen LogP contribution in [0.1, 0.15) is 24.8 Å². The molecule has 2 aromatic rings. The molecular formula is C19H22N2O. The molecule has 1 saturated heterocycles. The number of para-hydroxylation sites is 1. The van der Waals surface area contributed by atoms with Gasteiger partial charge in [0.2, 0.25) is 5.91 Å². The minimum atomic E-state index is -0.103. The number of likely N-dealkylation sites (tertiary alicyclic amines) is 1. The molecule has 3 nitrogen and oxygen atoms in total. The van der Waals surface area contributed by atoms with Gasteiger partial charge < -0.3 is 5.32 Å². The van der Waals surface area contributed by atoms with Crippen LogP contribution in [-0.4, -0.2) is 29.9 Å². The smallest absolute Gasteiger partial charge is 0.241 e. The van der Waals surface area contributed by atoms with E-state index in [9.17, 15) is 4.79 Å². The van der Waals surface area contributed by atoms with Crippen LogP contribution in [0.25, 0.3) is 0 Å². The van der Waals surface area contributed by atoms with Gasteiger partial charge in [0.15, 0.2) is 0 Å². The van der Waals surface area contributed by atoms with Crippen LogP contribution in [-0.2, 0) is 4.79 Å². The molecule has 0 aliphatic carbocycles. The van der Waals surface area contributed by atoms with Crippen LogP contribution in [0.15, 0.2) is 60.7 Å². The fraction of sp³-hybridized carbons (Fsp3) is 0.316. The summed E-state index contributed by atoms with van der Waals surface area (Å²) in [5.74, 6) is 0.605. The van der Waals surface area contributed by atoms with Crippen LogP contribution in [0.2, 0.25) is 0 Å². The highest BCUT2D eigenvalue weighted by molar-refractivity contribution is 5.94. The molecule has 0 radical (unpaired) electrons. The number of nitrogens with zero attached hydrogens (tertiary/aromatic N) is 1. The Kier molecular flexibility index (Phi) is 4.54. The third kappa shape index (κ3) is 3.37. The summed E-state index contributed by atoms with van der Waals surface area (Å²) in [6, 6.07) is 20.1. The highest BCUT2D eigenvalue weighted by Crippen LogP contribution is 2.28. The lowest BCUT2D eigenvalue weighted by Gasteiger charge is -2.23. The Hall–Kier alpha value is -2.13. The topological polar surface area (TPSA) is 32.3 Å². The molecule has 0 saturated carbocycles. The molecule has 0 bridgehead atoms. The summed E-state index contributed by atoms with van der Waals surface area (Å²) >= 11 is 0. The second kappa shape index (κ2) is 6.75. The fourth-order valence-electron chi connectivity index (χ4n) is 3.07. The van der Waals surface area contributed by atoms with Crippen molar-refractivity contribution in [3.63, 3.8) is 0 Å². The summed E-state index contributed by atoms with van der Waals surface area (Å²) in [5.41, 5.74) is 2.24. The molecule has 22 heavy (non-hydrogen) atoms. The quantitative estimate of drug-likeness (QED) is 0.936. The Morgan fingerprint density at radius 1 is 1.09 bits per heavy atom. The SMILES string of the molecule is CC(C(=O)Nc1ccccc1)N1CCC(c2ccccc2)C1. The Morgan fingerprint density at radius 2 is 1.73 bits per heavy atom. The number of hydrogen-bond donors (Lipinski definition) is 1. The molecule has 1 N–H and O–H groups in total. The number of anilines is 1. The van der Waals surface area contributed by atoms with Crippen molar-refractivity contribution in [1.29, 1.82) is 0 Å². The second-order valence-electron chi connectivity index (χ2n) is 5.92. The van der Waals surface area contributed by atoms with E-state index in [1.807, 2.05) is 43.3 Å². The predicted molar refractivity (Wildman–Crippen MR) is 89.9 cm³/mol. The molecule has 1 heterocycles. The van der Waals surface area contributed by atoms with E-state index in [2.05, 4.69) is 34.5 Å². The van der Waals surface area contributed by atoms with E-state index in [-0.39, 0.29) is 11.9 Å². The largest absolute Gasteiger partial charge is 0.325 e. The molecule has 1 fully saturated rings. The van der Waals surface area contributed by atoms with Gasteiger partial charge in [0.05, 0.1) is 6.04 Å². The number of benzene rings is 2. The number of amides is 1. The summed E-state index contributed by atoms with van der Waals surface area (Å²) in [6.45, 7) is 3.92. The third-order valence-electron chi connectivity index (χ3n) is 4.46. The van der Waals surface area contributed by atoms with Crippen molar-refractivity contribution in [2.24, 2.45) is 0 Å². The highest BCUT2D eigenvalue weighted by Gasteiger charge is 2.30. The van der Waals surface area contributed by atoms with Crippen molar-refractivity contribution in [1.82, 2.24) is 4.90 Å². The monoisotopic (exact) mass is 294 g/mol. The molecular weight excluding hydrogens is 272 g/mol. The van der Waals surface area contributed by atoms with Crippen LogP contribution >= 0.6 is 0 Å². The first kappa shape index (κ1) is 14.8. The molecule has 3 rings (SSSR count). The fourth-order valence-corrected chi connectivity index (χ4v) is 3.07. The number of rotatable bonds is 4. The first-order valence-corrected chi connectivity index (χ1v) is 7.89. The molecule has 3 heteroatoms. The van der Waals surface area contributed by atoms with Crippen LogP contribution in [0.5, 0.6) is 0 Å². The van der Waals surface area contributed by atoms with Gasteiger partial charge in [-0.05, 0) is 43.5 Å². The molecule has 2 aromatic carbocycles. The zero-order chi connectivity index (χ0) is 15.4. The summed E-state index contributed by atoms with van der Waals surface area (Å²) in [7, 11) is 0. The molecule has 0 spiro atoms. The standard InChI is InChI=1S/C19H22N2O/c1-15(19(22)20-18-10-6-3-7-11-18)21-13-12-17(14-21)16-8-4-2-5-9-16/h2-11,15,17H,12-14H2,1H3,(H,20,22). The molecule has 1 aliphatic heterocycles. The van der Waals surface area contributed by atoms with E-state index in [0.717, 1.165) is 25.2 Å². The van der Waals surface area contributed by atoms with Gasteiger partial charge in [-0.1, -0.05) is 48.5 Å². The van der Waals surface area contributed by atoms with E-state index in [1.165, 1.54) is 5.56 Å². The maximum absolute atomic E-state index is 12.4. The van der Waals surface area contributed by atoms with Gasteiger partial charge in [0.25, 0.3) is 0 Å². The van der Waals surface area contributed by atoms with Crippen molar-refractivity contribution in [3.05, 3.63) is 66.2 Å². The van der Waals surface area contributed by atoms with Gasteiger partial charge in [0.1, 0.15) is 0 Å². The van der Waals surface area contributed by atoms with Crippen LogP contribution in [0.4, 0.5) is 5.69 Å². The minimum absolute atomic E-state index is 0.0694. The van der Waals surface area contributed by atoms with Gasteiger partial charge in [0, 0.05) is 12.2 Å².